The molecule has 1 aromatic rings. The summed E-state index contributed by atoms with van der Waals surface area (Å²) < 4.78 is 4.57. The SMILES string of the molecule is COC(=O)Cc1ccc(C)nc1C. The Hall–Kier alpha value is -1.38. The van der Waals surface area contributed by atoms with E-state index in [-0.39, 0.29) is 5.97 Å². The molecule has 0 aromatic carbocycles. The second-order valence-electron chi connectivity index (χ2n) is 2.95. The van der Waals surface area contributed by atoms with Crippen molar-refractivity contribution in [2.75, 3.05) is 7.11 Å². The third-order valence-corrected chi connectivity index (χ3v) is 1.90. The summed E-state index contributed by atoms with van der Waals surface area (Å²) in [7, 11) is 1.39. The highest BCUT2D eigenvalue weighted by molar-refractivity contribution is 5.72. The van der Waals surface area contributed by atoms with Crippen LogP contribution in [0.2, 0.25) is 0 Å². The minimum atomic E-state index is -0.228. The van der Waals surface area contributed by atoms with Crippen molar-refractivity contribution >= 4 is 5.97 Å². The number of aryl methyl sites for hydroxylation is 2. The zero-order valence-electron chi connectivity index (χ0n) is 8.13. The highest BCUT2D eigenvalue weighted by Gasteiger charge is 2.05. The molecule has 13 heavy (non-hydrogen) atoms. The van der Waals surface area contributed by atoms with Gasteiger partial charge in [0, 0.05) is 11.4 Å². The maximum absolute atomic E-state index is 11.0. The number of nitrogens with zero attached hydrogens (tertiary/aromatic N) is 1. The molecule has 0 atom stereocenters. The lowest BCUT2D eigenvalue weighted by Crippen LogP contribution is -2.06. The van der Waals surface area contributed by atoms with E-state index in [9.17, 15) is 4.79 Å². The van der Waals surface area contributed by atoms with Crippen molar-refractivity contribution in [1.29, 1.82) is 0 Å². The summed E-state index contributed by atoms with van der Waals surface area (Å²) in [4.78, 5) is 15.2. The zero-order valence-corrected chi connectivity index (χ0v) is 8.13. The quantitative estimate of drug-likeness (QED) is 0.644. The summed E-state index contributed by atoms with van der Waals surface area (Å²) in [6.45, 7) is 3.82. The van der Waals surface area contributed by atoms with Gasteiger partial charge in [0.25, 0.3) is 0 Å². The van der Waals surface area contributed by atoms with Gasteiger partial charge in [0.2, 0.25) is 0 Å². The summed E-state index contributed by atoms with van der Waals surface area (Å²) in [5.74, 6) is -0.228. The molecule has 1 aromatic heterocycles. The Balaban J connectivity index is 2.83. The molecule has 0 bridgehead atoms. The zero-order chi connectivity index (χ0) is 9.84. The van der Waals surface area contributed by atoms with Crippen LogP contribution in [0.25, 0.3) is 0 Å². The molecule has 0 fully saturated rings. The molecule has 3 heteroatoms. The van der Waals surface area contributed by atoms with Gasteiger partial charge in [0.15, 0.2) is 0 Å². The Morgan fingerprint density at radius 2 is 2.15 bits per heavy atom. The fourth-order valence-corrected chi connectivity index (χ4v) is 1.13. The van der Waals surface area contributed by atoms with Crippen LogP contribution < -0.4 is 0 Å². The smallest absolute Gasteiger partial charge is 0.310 e. The molecule has 0 saturated heterocycles. The van der Waals surface area contributed by atoms with Crippen molar-refractivity contribution in [3.8, 4) is 0 Å². The lowest BCUT2D eigenvalue weighted by Gasteiger charge is -2.03. The van der Waals surface area contributed by atoms with Crippen LogP contribution in [0, 0.1) is 13.8 Å². The van der Waals surface area contributed by atoms with E-state index in [2.05, 4.69) is 9.72 Å². The molecule has 1 heterocycles. The molecule has 70 valence electrons. The average Bonchev–Trinajstić information content (AvgIpc) is 2.09. The van der Waals surface area contributed by atoms with Gasteiger partial charge in [-0.25, -0.2) is 0 Å². The number of ether oxygens (including phenoxy) is 1. The van der Waals surface area contributed by atoms with Crippen molar-refractivity contribution in [3.63, 3.8) is 0 Å². The second-order valence-corrected chi connectivity index (χ2v) is 2.95. The molecule has 0 spiro atoms. The third kappa shape index (κ3) is 2.54. The maximum atomic E-state index is 11.0. The predicted octanol–water partition coefficient (Wildman–Crippen LogP) is 1.41. The van der Waals surface area contributed by atoms with Crippen molar-refractivity contribution in [1.82, 2.24) is 4.98 Å². The van der Waals surface area contributed by atoms with Crippen LogP contribution >= 0.6 is 0 Å². The number of rotatable bonds is 2. The first-order chi connectivity index (χ1) is 6.13. The molecule has 0 amide bonds. The minimum Gasteiger partial charge on any atom is -0.469 e. The van der Waals surface area contributed by atoms with E-state index >= 15 is 0 Å². The Bertz CT molecular complexity index is 321. The summed E-state index contributed by atoms with van der Waals surface area (Å²) >= 11 is 0. The molecular formula is C10H13NO2. The molecule has 0 saturated carbocycles. The first kappa shape index (κ1) is 9.71. The number of methoxy groups -OCH3 is 1. The van der Waals surface area contributed by atoms with Gasteiger partial charge in [-0.15, -0.1) is 0 Å². The van der Waals surface area contributed by atoms with E-state index in [1.54, 1.807) is 0 Å². The maximum Gasteiger partial charge on any atom is 0.310 e. The van der Waals surface area contributed by atoms with Gasteiger partial charge < -0.3 is 4.74 Å². The molecule has 0 aliphatic heterocycles. The van der Waals surface area contributed by atoms with Gasteiger partial charge in [0.05, 0.1) is 13.5 Å². The fourth-order valence-electron chi connectivity index (χ4n) is 1.13. The van der Waals surface area contributed by atoms with Gasteiger partial charge in [-0.2, -0.15) is 0 Å². The normalized spacial score (nSPS) is 9.77. The summed E-state index contributed by atoms with van der Waals surface area (Å²) in [5, 5.41) is 0. The molecule has 0 aliphatic carbocycles. The molecule has 3 nitrogen and oxygen atoms in total. The first-order valence-corrected chi connectivity index (χ1v) is 4.13. The largest absolute Gasteiger partial charge is 0.469 e. The average molecular weight is 179 g/mol. The summed E-state index contributed by atoms with van der Waals surface area (Å²) in [6, 6.07) is 3.81. The van der Waals surface area contributed by atoms with E-state index in [4.69, 9.17) is 0 Å². The van der Waals surface area contributed by atoms with Crippen LogP contribution in [0.1, 0.15) is 17.0 Å². The van der Waals surface area contributed by atoms with Gasteiger partial charge in [-0.1, -0.05) is 6.07 Å². The first-order valence-electron chi connectivity index (χ1n) is 4.13. The monoisotopic (exact) mass is 179 g/mol. The summed E-state index contributed by atoms with van der Waals surface area (Å²) in [5.41, 5.74) is 2.79. The number of carbonyl (C=O) groups is 1. The van der Waals surface area contributed by atoms with Crippen molar-refractivity contribution in [2.24, 2.45) is 0 Å². The van der Waals surface area contributed by atoms with E-state index in [0.717, 1.165) is 17.0 Å². The van der Waals surface area contributed by atoms with E-state index in [0.29, 0.717) is 6.42 Å². The van der Waals surface area contributed by atoms with Crippen molar-refractivity contribution < 1.29 is 9.53 Å². The molecule has 0 N–H and O–H groups in total. The van der Waals surface area contributed by atoms with Gasteiger partial charge in [-0.3, -0.25) is 9.78 Å². The van der Waals surface area contributed by atoms with Gasteiger partial charge >= 0.3 is 5.97 Å². The molecule has 0 aliphatic rings. The van der Waals surface area contributed by atoms with Crippen LogP contribution in [-0.2, 0) is 16.0 Å². The standard InChI is InChI=1S/C10H13NO2/c1-7-4-5-9(8(2)11-7)6-10(12)13-3/h4-5H,6H2,1-3H3. The molecule has 0 unspecified atom stereocenters. The number of hydrogen-bond donors (Lipinski definition) is 0. The Kier molecular flexibility index (Phi) is 3.01. The lowest BCUT2D eigenvalue weighted by atomic mass is 10.1. The highest BCUT2D eigenvalue weighted by Crippen LogP contribution is 2.07. The highest BCUT2D eigenvalue weighted by atomic mass is 16.5. The number of esters is 1. The Morgan fingerprint density at radius 3 is 2.69 bits per heavy atom. The second kappa shape index (κ2) is 4.03. The van der Waals surface area contributed by atoms with Crippen LogP contribution in [0.5, 0.6) is 0 Å². The Morgan fingerprint density at radius 1 is 1.46 bits per heavy atom. The molecule has 1 rings (SSSR count). The minimum absolute atomic E-state index is 0.228. The van der Waals surface area contributed by atoms with E-state index in [1.165, 1.54) is 7.11 Å². The van der Waals surface area contributed by atoms with Gasteiger partial charge in [0.1, 0.15) is 0 Å². The number of carbonyl (C=O) groups excluding carboxylic acids is 1. The number of aromatic nitrogens is 1. The van der Waals surface area contributed by atoms with Crippen molar-refractivity contribution in [2.45, 2.75) is 20.3 Å². The third-order valence-electron chi connectivity index (χ3n) is 1.90. The Labute approximate surface area is 77.8 Å². The van der Waals surface area contributed by atoms with E-state index < -0.39 is 0 Å². The van der Waals surface area contributed by atoms with E-state index in [1.807, 2.05) is 26.0 Å². The van der Waals surface area contributed by atoms with Crippen LogP contribution in [0.15, 0.2) is 12.1 Å². The number of hydrogen-bond acceptors (Lipinski definition) is 3. The van der Waals surface area contributed by atoms with Gasteiger partial charge in [-0.05, 0) is 25.5 Å². The summed E-state index contributed by atoms with van der Waals surface area (Å²) in [6.07, 6.45) is 0.301. The predicted molar refractivity (Wildman–Crippen MR) is 49.4 cm³/mol. The number of pyridine rings is 1. The van der Waals surface area contributed by atoms with Crippen LogP contribution in [0.3, 0.4) is 0 Å². The fraction of sp³-hybridized carbons (Fsp3) is 0.400. The lowest BCUT2D eigenvalue weighted by molar-refractivity contribution is -0.139. The van der Waals surface area contributed by atoms with Crippen molar-refractivity contribution in [3.05, 3.63) is 29.1 Å². The molecular weight excluding hydrogens is 166 g/mol. The van der Waals surface area contributed by atoms with Crippen LogP contribution in [0.4, 0.5) is 0 Å². The van der Waals surface area contributed by atoms with Crippen LogP contribution in [-0.4, -0.2) is 18.1 Å². The topological polar surface area (TPSA) is 39.2 Å². The molecule has 0 radical (unpaired) electrons.